The summed E-state index contributed by atoms with van der Waals surface area (Å²) in [5.74, 6) is 0.237. The zero-order chi connectivity index (χ0) is 23.7. The van der Waals surface area contributed by atoms with Crippen LogP contribution in [0, 0.1) is 18.7 Å². The lowest BCUT2D eigenvalue weighted by atomic mass is 9.93. The Hall–Kier alpha value is -3.16. The highest BCUT2D eigenvalue weighted by Gasteiger charge is 2.24. The maximum Gasteiger partial charge on any atom is 0.266 e. The molecule has 174 valence electrons. The van der Waals surface area contributed by atoms with Gasteiger partial charge in [0.1, 0.15) is 17.4 Å². The van der Waals surface area contributed by atoms with Gasteiger partial charge in [-0.25, -0.2) is 18.2 Å². The molecular weight excluding hydrogens is 429 g/mol. The summed E-state index contributed by atoms with van der Waals surface area (Å²) in [6.07, 6.45) is 0.365. The first-order chi connectivity index (χ1) is 15.8. The fourth-order valence-corrected chi connectivity index (χ4v) is 4.48. The number of aryl methyl sites for hydroxylation is 1. The zero-order valence-electron chi connectivity index (χ0n) is 18.9. The van der Waals surface area contributed by atoms with E-state index >= 15 is 0 Å². The van der Waals surface area contributed by atoms with Gasteiger partial charge in [-0.1, -0.05) is 18.2 Å². The second-order valence-corrected chi connectivity index (χ2v) is 8.61. The minimum atomic E-state index is -2.87. The average molecular weight is 457 g/mol. The van der Waals surface area contributed by atoms with E-state index in [1.54, 1.807) is 26.1 Å². The van der Waals surface area contributed by atoms with Crippen LogP contribution in [0.1, 0.15) is 56.0 Å². The molecule has 1 aliphatic heterocycles. The lowest BCUT2D eigenvalue weighted by Gasteiger charge is -2.32. The number of piperidine rings is 1. The molecule has 0 saturated carbocycles. The molecule has 8 heteroatoms. The number of rotatable bonds is 6. The number of hydrogen-bond acceptors (Lipinski definition) is 5. The third-order valence-electron chi connectivity index (χ3n) is 6.41. The predicted molar refractivity (Wildman–Crippen MR) is 123 cm³/mol. The topological polar surface area (TPSA) is 58.1 Å². The second-order valence-electron chi connectivity index (χ2n) is 8.61. The minimum absolute atomic E-state index is 0.0986. The molecule has 0 unspecified atom stereocenters. The van der Waals surface area contributed by atoms with E-state index in [-0.39, 0.29) is 17.3 Å². The van der Waals surface area contributed by atoms with Crippen molar-refractivity contribution in [3.05, 3.63) is 59.2 Å². The number of alkyl halides is 2. The molecule has 1 N–H and O–H groups in total. The first-order valence-electron chi connectivity index (χ1n) is 11.1. The number of halogens is 3. The summed E-state index contributed by atoms with van der Waals surface area (Å²) in [5.41, 5.74) is 1.78. The van der Waals surface area contributed by atoms with Crippen LogP contribution in [-0.2, 0) is 4.79 Å². The van der Waals surface area contributed by atoms with Crippen LogP contribution in [0.2, 0.25) is 0 Å². The van der Waals surface area contributed by atoms with Crippen molar-refractivity contribution in [2.45, 2.75) is 46.1 Å². The molecule has 0 aliphatic carbocycles. The fraction of sp³-hybridized carbons (Fsp3) is 0.400. The molecule has 4 rings (SSSR count). The van der Waals surface area contributed by atoms with Crippen molar-refractivity contribution in [2.24, 2.45) is 5.92 Å². The van der Waals surface area contributed by atoms with Gasteiger partial charge in [-0.15, -0.1) is 0 Å². The summed E-state index contributed by atoms with van der Waals surface area (Å²) in [7, 11) is 0. The highest BCUT2D eigenvalue weighted by molar-refractivity contribution is 5.94. The molecule has 2 aromatic heterocycles. The number of benzene rings is 1. The number of anilines is 2. The molecule has 0 bridgehead atoms. The average Bonchev–Trinajstić information content (AvgIpc) is 2.79. The van der Waals surface area contributed by atoms with E-state index in [0.29, 0.717) is 0 Å². The number of pyridine rings is 2. The number of Topliss-reactive ketones (excluding diaryl/α,β-unsaturated/α-hetero) is 1. The van der Waals surface area contributed by atoms with Crippen molar-refractivity contribution < 1.29 is 18.0 Å². The summed E-state index contributed by atoms with van der Waals surface area (Å²) < 4.78 is 41.0. The molecule has 0 radical (unpaired) electrons. The molecule has 1 aromatic carbocycles. The zero-order valence-corrected chi connectivity index (χ0v) is 18.9. The van der Waals surface area contributed by atoms with Crippen molar-refractivity contribution in [1.29, 1.82) is 0 Å². The standard InChI is InChI=1S/C25H27F3N4O/c1-14(18-5-4-6-19(23(18)26)25(27)28)30-21-7-10-29-24-15(2)31-22(13-20(21)24)32-11-8-17(9-12-32)16(3)33/h4-7,10,13-14,17,25H,8-9,11-12H2,1-3H3,(H,29,30)/t14-/m1/s1. The van der Waals surface area contributed by atoms with Crippen LogP contribution in [0.3, 0.4) is 0 Å². The summed E-state index contributed by atoms with van der Waals surface area (Å²) in [5, 5.41) is 4.10. The van der Waals surface area contributed by atoms with Crippen molar-refractivity contribution >= 4 is 28.2 Å². The van der Waals surface area contributed by atoms with E-state index in [1.165, 1.54) is 12.1 Å². The second kappa shape index (κ2) is 9.37. The SMILES string of the molecule is CC(=O)C1CCN(c2cc3c(N[C@H](C)c4cccc(C(F)F)c4F)ccnc3c(C)n2)CC1. The van der Waals surface area contributed by atoms with Crippen LogP contribution in [-0.4, -0.2) is 28.8 Å². The third kappa shape index (κ3) is 4.65. The normalized spacial score (nSPS) is 15.8. The van der Waals surface area contributed by atoms with E-state index in [2.05, 4.69) is 15.2 Å². The number of fused-ring (bicyclic) bond motifs is 1. The van der Waals surface area contributed by atoms with Crippen LogP contribution >= 0.6 is 0 Å². The lowest BCUT2D eigenvalue weighted by Crippen LogP contribution is -2.36. The molecular formula is C25H27F3N4O. The fourth-order valence-electron chi connectivity index (χ4n) is 4.48. The van der Waals surface area contributed by atoms with Crippen molar-refractivity contribution in [2.75, 3.05) is 23.3 Å². The number of carbonyl (C=O) groups is 1. The molecule has 1 aliphatic rings. The highest BCUT2D eigenvalue weighted by atomic mass is 19.3. The van der Waals surface area contributed by atoms with E-state index in [9.17, 15) is 18.0 Å². The maximum atomic E-state index is 14.7. The molecule has 33 heavy (non-hydrogen) atoms. The number of nitrogens with zero attached hydrogens (tertiary/aromatic N) is 3. The monoisotopic (exact) mass is 456 g/mol. The predicted octanol–water partition coefficient (Wildman–Crippen LogP) is 5.99. The number of ketones is 1. The first-order valence-corrected chi connectivity index (χ1v) is 11.1. The van der Waals surface area contributed by atoms with Crippen LogP contribution in [0.25, 0.3) is 10.9 Å². The third-order valence-corrected chi connectivity index (χ3v) is 6.41. The molecule has 3 aromatic rings. The Morgan fingerprint density at radius 1 is 1.18 bits per heavy atom. The van der Waals surface area contributed by atoms with Crippen LogP contribution in [0.15, 0.2) is 36.5 Å². The van der Waals surface area contributed by atoms with Gasteiger partial charge in [0.25, 0.3) is 6.43 Å². The maximum absolute atomic E-state index is 14.7. The highest BCUT2D eigenvalue weighted by Crippen LogP contribution is 2.33. The summed E-state index contributed by atoms with van der Waals surface area (Å²) >= 11 is 0. The number of nitrogens with one attached hydrogen (secondary N) is 1. The molecule has 5 nitrogen and oxygen atoms in total. The summed E-state index contributed by atoms with van der Waals surface area (Å²) in [6, 6.07) is 7.26. The molecule has 1 fully saturated rings. The summed E-state index contributed by atoms with van der Waals surface area (Å²) in [6.45, 7) is 6.76. The van der Waals surface area contributed by atoms with Gasteiger partial charge in [0.15, 0.2) is 0 Å². The Kier molecular flexibility index (Phi) is 6.54. The van der Waals surface area contributed by atoms with E-state index in [0.717, 1.165) is 60.1 Å². The Morgan fingerprint density at radius 3 is 2.55 bits per heavy atom. The van der Waals surface area contributed by atoms with Gasteiger partial charge in [-0.05, 0) is 45.7 Å². The van der Waals surface area contributed by atoms with Gasteiger partial charge in [-0.3, -0.25) is 9.78 Å². The first kappa shape index (κ1) is 23.0. The molecule has 1 saturated heterocycles. The van der Waals surface area contributed by atoms with Gasteiger partial charge in [-0.2, -0.15) is 0 Å². The van der Waals surface area contributed by atoms with Gasteiger partial charge in [0.05, 0.1) is 22.8 Å². The van der Waals surface area contributed by atoms with Crippen LogP contribution < -0.4 is 10.2 Å². The smallest absolute Gasteiger partial charge is 0.266 e. The molecule has 0 spiro atoms. The molecule has 0 amide bonds. The van der Waals surface area contributed by atoms with Gasteiger partial charge >= 0.3 is 0 Å². The Morgan fingerprint density at radius 2 is 1.88 bits per heavy atom. The lowest BCUT2D eigenvalue weighted by molar-refractivity contribution is -0.121. The molecule has 3 heterocycles. The van der Waals surface area contributed by atoms with Gasteiger partial charge in [0.2, 0.25) is 0 Å². The van der Waals surface area contributed by atoms with Gasteiger partial charge < -0.3 is 10.2 Å². The number of aromatic nitrogens is 2. The Bertz CT molecular complexity index is 1180. The minimum Gasteiger partial charge on any atom is -0.378 e. The van der Waals surface area contributed by atoms with Crippen molar-refractivity contribution in [3.8, 4) is 0 Å². The van der Waals surface area contributed by atoms with E-state index < -0.39 is 23.8 Å². The Balaban J connectivity index is 1.65. The quantitative estimate of drug-likeness (QED) is 0.494. The number of hydrogen-bond donors (Lipinski definition) is 1. The summed E-state index contributed by atoms with van der Waals surface area (Å²) in [4.78, 5) is 23.0. The largest absolute Gasteiger partial charge is 0.378 e. The van der Waals surface area contributed by atoms with E-state index in [4.69, 9.17) is 4.98 Å². The van der Waals surface area contributed by atoms with Crippen LogP contribution in [0.5, 0.6) is 0 Å². The molecule has 1 atom stereocenters. The Labute approximate surface area is 191 Å². The van der Waals surface area contributed by atoms with Gasteiger partial charge in [0, 0.05) is 41.8 Å². The number of carbonyl (C=O) groups excluding carboxylic acids is 1. The van der Waals surface area contributed by atoms with Crippen LogP contribution in [0.4, 0.5) is 24.7 Å². The van der Waals surface area contributed by atoms with Crippen molar-refractivity contribution in [1.82, 2.24) is 9.97 Å². The van der Waals surface area contributed by atoms with Crippen molar-refractivity contribution in [3.63, 3.8) is 0 Å². The van der Waals surface area contributed by atoms with E-state index in [1.807, 2.05) is 13.0 Å².